The topological polar surface area (TPSA) is 20.3 Å². The van der Waals surface area contributed by atoms with Gasteiger partial charge in [-0.3, -0.25) is 4.79 Å². The van der Waals surface area contributed by atoms with Gasteiger partial charge in [-0.1, -0.05) is 35.3 Å². The largest absolute Gasteiger partial charge is 0.338 e. The first-order valence-electron chi connectivity index (χ1n) is 5.91. The quantitative estimate of drug-likeness (QED) is 0.676. The zero-order valence-electron chi connectivity index (χ0n) is 10.3. The van der Waals surface area contributed by atoms with Crippen molar-refractivity contribution in [1.29, 1.82) is 0 Å². The summed E-state index contributed by atoms with van der Waals surface area (Å²) in [6, 6.07) is 4.53. The van der Waals surface area contributed by atoms with E-state index >= 15 is 0 Å². The highest BCUT2D eigenvalue weighted by atomic mass is 79.9. The van der Waals surface area contributed by atoms with Crippen molar-refractivity contribution in [2.24, 2.45) is 0 Å². The smallest absolute Gasteiger partial charge is 0.255 e. The van der Waals surface area contributed by atoms with Gasteiger partial charge in [-0.05, 0) is 34.5 Å². The molecule has 5 heteroatoms. The number of amides is 1. The minimum atomic E-state index is -0.407. The van der Waals surface area contributed by atoms with E-state index in [9.17, 15) is 9.18 Å². The summed E-state index contributed by atoms with van der Waals surface area (Å²) in [7, 11) is 0. The minimum absolute atomic E-state index is 0.130. The fraction of sp³-hybridized carbons (Fsp3) is 0.462. The average Bonchev–Trinajstić information content (AvgIpc) is 2.37. The van der Waals surface area contributed by atoms with E-state index in [0.717, 1.165) is 18.2 Å². The predicted octanol–water partition coefficient (Wildman–Crippen LogP) is 4.23. The van der Waals surface area contributed by atoms with Gasteiger partial charge < -0.3 is 4.90 Å². The van der Waals surface area contributed by atoms with Gasteiger partial charge in [-0.15, -0.1) is 0 Å². The summed E-state index contributed by atoms with van der Waals surface area (Å²) in [5.41, 5.74) is 0.382. The Balaban J connectivity index is 2.90. The fourth-order valence-electron chi connectivity index (χ4n) is 1.61. The van der Waals surface area contributed by atoms with Crippen molar-refractivity contribution in [3.8, 4) is 0 Å². The number of hydrogen-bond acceptors (Lipinski definition) is 1. The summed E-state index contributed by atoms with van der Waals surface area (Å²) < 4.78 is 13.7. The molecule has 0 saturated heterocycles. The number of halogens is 3. The van der Waals surface area contributed by atoms with Gasteiger partial charge in [0.25, 0.3) is 5.91 Å². The van der Waals surface area contributed by atoms with Crippen molar-refractivity contribution in [2.75, 3.05) is 18.4 Å². The van der Waals surface area contributed by atoms with Crippen molar-refractivity contribution < 1.29 is 9.18 Å². The van der Waals surface area contributed by atoms with E-state index in [4.69, 9.17) is 0 Å². The van der Waals surface area contributed by atoms with Crippen LogP contribution < -0.4 is 0 Å². The molecule has 0 bridgehead atoms. The number of alkyl halides is 1. The van der Waals surface area contributed by atoms with Crippen molar-refractivity contribution >= 4 is 37.8 Å². The number of nitrogens with zero attached hydrogens (tertiary/aromatic N) is 1. The van der Waals surface area contributed by atoms with Crippen molar-refractivity contribution in [1.82, 2.24) is 4.90 Å². The van der Waals surface area contributed by atoms with E-state index in [2.05, 4.69) is 38.8 Å². The van der Waals surface area contributed by atoms with Crippen LogP contribution in [0.15, 0.2) is 22.7 Å². The van der Waals surface area contributed by atoms with Crippen LogP contribution in [0.5, 0.6) is 0 Å². The highest BCUT2D eigenvalue weighted by Crippen LogP contribution is 2.22. The second-order valence-electron chi connectivity index (χ2n) is 3.94. The summed E-state index contributed by atoms with van der Waals surface area (Å²) in [4.78, 5) is 14.1. The van der Waals surface area contributed by atoms with Gasteiger partial charge in [0.1, 0.15) is 5.82 Å². The Morgan fingerprint density at radius 3 is 2.72 bits per heavy atom. The predicted molar refractivity (Wildman–Crippen MR) is 78.7 cm³/mol. The molecule has 1 amide bonds. The van der Waals surface area contributed by atoms with Crippen LogP contribution >= 0.6 is 31.9 Å². The first kappa shape index (κ1) is 15.6. The van der Waals surface area contributed by atoms with E-state index in [1.54, 1.807) is 17.0 Å². The zero-order chi connectivity index (χ0) is 13.5. The minimum Gasteiger partial charge on any atom is -0.338 e. The van der Waals surface area contributed by atoms with E-state index in [1.807, 2.05) is 0 Å². The van der Waals surface area contributed by atoms with Crippen molar-refractivity contribution in [3.05, 3.63) is 34.1 Å². The Morgan fingerprint density at radius 2 is 2.11 bits per heavy atom. The number of rotatable bonds is 6. The van der Waals surface area contributed by atoms with Gasteiger partial charge in [0.15, 0.2) is 0 Å². The summed E-state index contributed by atoms with van der Waals surface area (Å²) in [5.74, 6) is -0.538. The third-order valence-electron chi connectivity index (χ3n) is 2.61. The molecule has 0 saturated carbocycles. The van der Waals surface area contributed by atoms with Crippen LogP contribution in [0.1, 0.15) is 30.1 Å². The van der Waals surface area contributed by atoms with Crippen LogP contribution in [-0.4, -0.2) is 29.2 Å². The van der Waals surface area contributed by atoms with Crippen LogP contribution in [0, 0.1) is 5.82 Å². The van der Waals surface area contributed by atoms with Crippen LogP contribution in [0.2, 0.25) is 0 Å². The third kappa shape index (κ3) is 4.05. The summed E-state index contributed by atoms with van der Waals surface area (Å²) in [5, 5.41) is 0.718. The molecule has 2 nitrogen and oxygen atoms in total. The Kier molecular flexibility index (Phi) is 6.86. The molecule has 0 unspecified atom stereocenters. The van der Waals surface area contributed by atoms with Crippen LogP contribution in [0.25, 0.3) is 0 Å². The molecule has 0 fully saturated rings. The van der Waals surface area contributed by atoms with E-state index in [-0.39, 0.29) is 10.4 Å². The molecule has 0 aliphatic heterocycles. The highest BCUT2D eigenvalue weighted by molar-refractivity contribution is 9.10. The molecule has 0 aliphatic carbocycles. The standard InChI is InChI=1S/C13H16Br2FNO/c1-2-3-8-17(9-7-14)13(18)10-5-4-6-11(16)12(10)15/h4-6H,2-3,7-9H2,1H3. The van der Waals surface area contributed by atoms with Crippen LogP contribution in [-0.2, 0) is 0 Å². The molecular formula is C13H16Br2FNO. The van der Waals surface area contributed by atoms with Crippen molar-refractivity contribution in [3.63, 3.8) is 0 Å². The van der Waals surface area contributed by atoms with Crippen LogP contribution in [0.4, 0.5) is 4.39 Å². The molecule has 1 aromatic rings. The summed E-state index contributed by atoms with van der Waals surface area (Å²) in [6.45, 7) is 3.40. The van der Waals surface area contributed by atoms with Gasteiger partial charge in [0.2, 0.25) is 0 Å². The monoisotopic (exact) mass is 379 g/mol. The molecule has 0 N–H and O–H groups in total. The number of unbranched alkanes of at least 4 members (excludes halogenated alkanes) is 1. The lowest BCUT2D eigenvalue weighted by atomic mass is 10.2. The average molecular weight is 381 g/mol. The maximum absolute atomic E-state index is 13.4. The summed E-state index contributed by atoms with van der Waals surface area (Å²) in [6.07, 6.45) is 1.97. The molecule has 100 valence electrons. The van der Waals surface area contributed by atoms with Gasteiger partial charge in [0, 0.05) is 18.4 Å². The second kappa shape index (κ2) is 7.89. The fourth-order valence-corrected chi connectivity index (χ4v) is 2.47. The van der Waals surface area contributed by atoms with E-state index < -0.39 is 5.82 Å². The summed E-state index contributed by atoms with van der Waals surface area (Å²) >= 11 is 6.47. The van der Waals surface area contributed by atoms with E-state index in [1.165, 1.54) is 6.07 Å². The van der Waals surface area contributed by atoms with Crippen molar-refractivity contribution in [2.45, 2.75) is 19.8 Å². The lowest BCUT2D eigenvalue weighted by Crippen LogP contribution is -2.33. The number of benzene rings is 1. The van der Waals surface area contributed by atoms with E-state index in [0.29, 0.717) is 18.7 Å². The first-order valence-corrected chi connectivity index (χ1v) is 7.82. The zero-order valence-corrected chi connectivity index (χ0v) is 13.4. The highest BCUT2D eigenvalue weighted by Gasteiger charge is 2.18. The molecule has 0 aromatic heterocycles. The second-order valence-corrected chi connectivity index (χ2v) is 5.52. The third-order valence-corrected chi connectivity index (χ3v) is 3.77. The molecular weight excluding hydrogens is 365 g/mol. The lowest BCUT2D eigenvalue weighted by molar-refractivity contribution is 0.0763. The normalized spacial score (nSPS) is 10.4. The molecule has 18 heavy (non-hydrogen) atoms. The Hall–Kier alpha value is -0.420. The Labute approximate surface area is 124 Å². The number of hydrogen-bond donors (Lipinski definition) is 0. The SMILES string of the molecule is CCCCN(CCBr)C(=O)c1cccc(F)c1Br. The van der Waals surface area contributed by atoms with Gasteiger partial charge >= 0.3 is 0 Å². The molecule has 0 spiro atoms. The Morgan fingerprint density at radius 1 is 1.39 bits per heavy atom. The van der Waals surface area contributed by atoms with Gasteiger partial charge in [0.05, 0.1) is 10.0 Å². The maximum atomic E-state index is 13.4. The first-order chi connectivity index (χ1) is 8.61. The molecule has 0 radical (unpaired) electrons. The molecule has 0 atom stereocenters. The molecule has 1 rings (SSSR count). The molecule has 0 heterocycles. The molecule has 0 aliphatic rings. The van der Waals surface area contributed by atoms with Crippen LogP contribution in [0.3, 0.4) is 0 Å². The molecule has 1 aromatic carbocycles. The maximum Gasteiger partial charge on any atom is 0.255 e. The number of carbonyl (C=O) groups is 1. The lowest BCUT2D eigenvalue weighted by Gasteiger charge is -2.22. The number of carbonyl (C=O) groups excluding carboxylic acids is 1. The van der Waals surface area contributed by atoms with Gasteiger partial charge in [-0.25, -0.2) is 4.39 Å². The van der Waals surface area contributed by atoms with Gasteiger partial charge in [-0.2, -0.15) is 0 Å². The Bertz CT molecular complexity index is 412.